The van der Waals surface area contributed by atoms with Crippen molar-refractivity contribution in [2.45, 2.75) is 19.4 Å². The number of hydrogen-bond acceptors (Lipinski definition) is 3. The molecule has 0 saturated carbocycles. The first-order valence-corrected chi connectivity index (χ1v) is 6.02. The van der Waals surface area contributed by atoms with Gasteiger partial charge in [0.15, 0.2) is 0 Å². The van der Waals surface area contributed by atoms with E-state index in [0.29, 0.717) is 5.92 Å². The Balaban J connectivity index is 2.21. The Kier molecular flexibility index (Phi) is 4.40. The van der Waals surface area contributed by atoms with Gasteiger partial charge in [-0.25, -0.2) is 0 Å². The summed E-state index contributed by atoms with van der Waals surface area (Å²) in [6, 6.07) is 0. The minimum Gasteiger partial charge on any atom is -0.392 e. The molecule has 0 aliphatic carbocycles. The third-order valence-electron chi connectivity index (χ3n) is 2.61. The number of piperidine rings is 1. The van der Waals surface area contributed by atoms with E-state index in [1.807, 2.05) is 11.8 Å². The van der Waals surface area contributed by atoms with Crippen LogP contribution in [-0.4, -0.2) is 47.8 Å². The van der Waals surface area contributed by atoms with Crippen molar-refractivity contribution >= 4 is 11.8 Å². The maximum atomic E-state index is 9.60. The van der Waals surface area contributed by atoms with Crippen LogP contribution in [0.15, 0.2) is 0 Å². The Bertz CT molecular complexity index is 130. The zero-order chi connectivity index (χ0) is 8.97. The SMILES string of the molecule is CSCCN1CCC(C)C(O)C1. The maximum absolute atomic E-state index is 9.60. The largest absolute Gasteiger partial charge is 0.392 e. The monoisotopic (exact) mass is 189 g/mol. The van der Waals surface area contributed by atoms with Crippen LogP contribution < -0.4 is 0 Å². The van der Waals surface area contributed by atoms with Crippen LogP contribution in [0.25, 0.3) is 0 Å². The summed E-state index contributed by atoms with van der Waals surface area (Å²) in [4.78, 5) is 2.36. The highest BCUT2D eigenvalue weighted by molar-refractivity contribution is 7.98. The number of aliphatic hydroxyl groups excluding tert-OH is 1. The molecule has 0 bridgehead atoms. The van der Waals surface area contributed by atoms with Crippen LogP contribution in [0.4, 0.5) is 0 Å². The smallest absolute Gasteiger partial charge is 0.0693 e. The second kappa shape index (κ2) is 5.10. The van der Waals surface area contributed by atoms with Crippen molar-refractivity contribution < 1.29 is 5.11 Å². The van der Waals surface area contributed by atoms with E-state index >= 15 is 0 Å². The number of likely N-dealkylation sites (tertiary alicyclic amines) is 1. The average molecular weight is 189 g/mol. The van der Waals surface area contributed by atoms with Crippen molar-refractivity contribution in [1.29, 1.82) is 0 Å². The summed E-state index contributed by atoms with van der Waals surface area (Å²) in [5.41, 5.74) is 0. The topological polar surface area (TPSA) is 23.5 Å². The Morgan fingerprint density at radius 1 is 1.58 bits per heavy atom. The summed E-state index contributed by atoms with van der Waals surface area (Å²) in [5.74, 6) is 1.68. The van der Waals surface area contributed by atoms with Crippen molar-refractivity contribution in [3.05, 3.63) is 0 Å². The fourth-order valence-corrected chi connectivity index (χ4v) is 1.98. The van der Waals surface area contributed by atoms with Gasteiger partial charge in [0.2, 0.25) is 0 Å². The molecule has 1 aliphatic heterocycles. The summed E-state index contributed by atoms with van der Waals surface area (Å²) >= 11 is 1.87. The number of rotatable bonds is 3. The molecule has 0 aromatic heterocycles. The van der Waals surface area contributed by atoms with E-state index in [1.165, 1.54) is 12.3 Å². The van der Waals surface area contributed by atoms with Gasteiger partial charge in [-0.1, -0.05) is 6.92 Å². The van der Waals surface area contributed by atoms with Crippen LogP contribution in [0.1, 0.15) is 13.3 Å². The van der Waals surface area contributed by atoms with Gasteiger partial charge in [0.05, 0.1) is 6.10 Å². The van der Waals surface area contributed by atoms with E-state index < -0.39 is 0 Å². The lowest BCUT2D eigenvalue weighted by Gasteiger charge is -2.33. The summed E-state index contributed by atoms with van der Waals surface area (Å²) in [6.07, 6.45) is 3.18. The van der Waals surface area contributed by atoms with Crippen LogP contribution in [-0.2, 0) is 0 Å². The molecule has 1 N–H and O–H groups in total. The fourth-order valence-electron chi connectivity index (χ4n) is 1.54. The molecular formula is C9H19NOS. The first kappa shape index (κ1) is 10.4. The van der Waals surface area contributed by atoms with Crippen LogP contribution in [0.3, 0.4) is 0 Å². The molecule has 3 heteroatoms. The first-order chi connectivity index (χ1) is 5.74. The molecule has 1 aliphatic rings. The molecule has 72 valence electrons. The molecule has 2 nitrogen and oxygen atoms in total. The second-order valence-electron chi connectivity index (χ2n) is 3.63. The summed E-state index contributed by atoms with van der Waals surface area (Å²) in [6.45, 7) is 5.31. The lowest BCUT2D eigenvalue weighted by atomic mass is 9.96. The normalized spacial score (nSPS) is 32.2. The zero-order valence-electron chi connectivity index (χ0n) is 7.99. The molecule has 2 unspecified atom stereocenters. The van der Waals surface area contributed by atoms with Gasteiger partial charge in [-0.05, 0) is 25.1 Å². The predicted octanol–water partition coefficient (Wildman–Crippen LogP) is 1.05. The van der Waals surface area contributed by atoms with E-state index in [9.17, 15) is 5.11 Å². The average Bonchev–Trinajstić information content (AvgIpc) is 2.07. The number of nitrogens with zero attached hydrogens (tertiary/aromatic N) is 1. The fraction of sp³-hybridized carbons (Fsp3) is 1.00. The quantitative estimate of drug-likeness (QED) is 0.718. The van der Waals surface area contributed by atoms with E-state index in [2.05, 4.69) is 18.1 Å². The van der Waals surface area contributed by atoms with E-state index in [1.54, 1.807) is 0 Å². The Hall–Kier alpha value is 0.270. The molecule has 0 spiro atoms. The van der Waals surface area contributed by atoms with Gasteiger partial charge >= 0.3 is 0 Å². The van der Waals surface area contributed by atoms with Crippen LogP contribution >= 0.6 is 11.8 Å². The molecule has 0 aromatic carbocycles. The van der Waals surface area contributed by atoms with Gasteiger partial charge in [-0.3, -0.25) is 4.90 Å². The summed E-state index contributed by atoms with van der Waals surface area (Å²) < 4.78 is 0. The highest BCUT2D eigenvalue weighted by Gasteiger charge is 2.23. The number of thioether (sulfide) groups is 1. The van der Waals surface area contributed by atoms with Gasteiger partial charge < -0.3 is 5.11 Å². The maximum Gasteiger partial charge on any atom is 0.0693 e. The number of β-amino-alcohol motifs (C(OH)–C–C–N with tert-alkyl or cyclic N) is 1. The Labute approximate surface area is 79.3 Å². The lowest BCUT2D eigenvalue weighted by molar-refractivity contribution is 0.0321. The molecule has 0 amide bonds. The highest BCUT2D eigenvalue weighted by atomic mass is 32.2. The lowest BCUT2D eigenvalue weighted by Crippen LogP contribution is -2.43. The summed E-state index contributed by atoms with van der Waals surface area (Å²) in [5, 5.41) is 9.60. The third kappa shape index (κ3) is 2.96. The van der Waals surface area contributed by atoms with Gasteiger partial charge in [-0.2, -0.15) is 11.8 Å². The standard InChI is InChI=1S/C9H19NOS/c1-8-3-4-10(5-6-12-2)7-9(8)11/h8-9,11H,3-7H2,1-2H3. The van der Waals surface area contributed by atoms with Crippen molar-refractivity contribution in [1.82, 2.24) is 4.90 Å². The second-order valence-corrected chi connectivity index (χ2v) is 4.61. The van der Waals surface area contributed by atoms with Crippen molar-refractivity contribution in [2.24, 2.45) is 5.92 Å². The first-order valence-electron chi connectivity index (χ1n) is 4.63. The number of hydrogen-bond donors (Lipinski definition) is 1. The third-order valence-corrected chi connectivity index (χ3v) is 3.21. The molecule has 0 radical (unpaired) electrons. The molecule has 2 atom stereocenters. The van der Waals surface area contributed by atoms with Crippen LogP contribution in [0.2, 0.25) is 0 Å². The van der Waals surface area contributed by atoms with Gasteiger partial charge in [0, 0.05) is 18.8 Å². The zero-order valence-corrected chi connectivity index (χ0v) is 8.81. The number of aliphatic hydroxyl groups is 1. The van der Waals surface area contributed by atoms with Crippen LogP contribution in [0, 0.1) is 5.92 Å². The molecule has 12 heavy (non-hydrogen) atoms. The molecule has 1 rings (SSSR count). The molecule has 1 heterocycles. The van der Waals surface area contributed by atoms with E-state index in [-0.39, 0.29) is 6.10 Å². The Morgan fingerprint density at radius 3 is 2.92 bits per heavy atom. The minimum absolute atomic E-state index is 0.0967. The molecule has 1 fully saturated rings. The van der Waals surface area contributed by atoms with Crippen molar-refractivity contribution in [3.63, 3.8) is 0 Å². The molecule has 1 saturated heterocycles. The van der Waals surface area contributed by atoms with Gasteiger partial charge in [0.1, 0.15) is 0 Å². The van der Waals surface area contributed by atoms with E-state index in [0.717, 1.165) is 19.5 Å². The summed E-state index contributed by atoms with van der Waals surface area (Å²) in [7, 11) is 0. The minimum atomic E-state index is -0.0967. The van der Waals surface area contributed by atoms with Gasteiger partial charge in [-0.15, -0.1) is 0 Å². The van der Waals surface area contributed by atoms with Crippen molar-refractivity contribution in [2.75, 3.05) is 31.6 Å². The Morgan fingerprint density at radius 2 is 2.33 bits per heavy atom. The molecule has 0 aromatic rings. The highest BCUT2D eigenvalue weighted by Crippen LogP contribution is 2.16. The van der Waals surface area contributed by atoms with Crippen molar-refractivity contribution in [3.8, 4) is 0 Å². The van der Waals surface area contributed by atoms with Crippen LogP contribution in [0.5, 0.6) is 0 Å². The van der Waals surface area contributed by atoms with E-state index in [4.69, 9.17) is 0 Å². The van der Waals surface area contributed by atoms with Gasteiger partial charge in [0.25, 0.3) is 0 Å². The predicted molar refractivity (Wildman–Crippen MR) is 54.6 cm³/mol. The molecular weight excluding hydrogens is 170 g/mol.